The van der Waals surface area contributed by atoms with Crippen LogP contribution in [0.4, 0.5) is 5.95 Å². The molecule has 72 valence electrons. The summed E-state index contributed by atoms with van der Waals surface area (Å²) < 4.78 is 0. The fourth-order valence-corrected chi connectivity index (χ4v) is 1.65. The van der Waals surface area contributed by atoms with E-state index in [1.807, 2.05) is 0 Å². The molecule has 0 spiro atoms. The molecule has 1 aliphatic rings. The number of hydrogen-bond acceptors (Lipinski definition) is 4. The fraction of sp³-hybridized carbons (Fsp3) is 0.444. The van der Waals surface area contributed by atoms with Crippen LogP contribution in [0.15, 0.2) is 6.33 Å². The van der Waals surface area contributed by atoms with Crippen molar-refractivity contribution in [2.24, 2.45) is 5.92 Å². The zero-order chi connectivity index (χ0) is 9.54. The van der Waals surface area contributed by atoms with Crippen LogP contribution in [-0.4, -0.2) is 19.9 Å². The van der Waals surface area contributed by atoms with Crippen molar-refractivity contribution in [3.8, 4) is 0 Å². The van der Waals surface area contributed by atoms with Gasteiger partial charge in [0.15, 0.2) is 5.65 Å². The number of nitrogen functional groups attached to an aromatic ring is 1. The Balaban J connectivity index is 2.13. The molecular weight excluding hydrogens is 178 g/mol. The number of fused-ring (bicyclic) bond motifs is 1. The zero-order valence-corrected chi connectivity index (χ0v) is 7.70. The number of nitrogens with two attached hydrogens (primary N) is 1. The standard InChI is InChI=1S/C9H11N5/c10-9-13-6(3-5-1-2-5)7-8(14-9)12-4-11-7/h4-5H,1-3H2,(H3,10,11,12,13,14). The van der Waals surface area contributed by atoms with Gasteiger partial charge in [-0.15, -0.1) is 0 Å². The summed E-state index contributed by atoms with van der Waals surface area (Å²) in [5, 5.41) is 0. The highest BCUT2D eigenvalue weighted by Gasteiger charge is 2.24. The van der Waals surface area contributed by atoms with Crippen LogP contribution in [-0.2, 0) is 6.42 Å². The van der Waals surface area contributed by atoms with Crippen LogP contribution in [0.3, 0.4) is 0 Å². The first-order chi connectivity index (χ1) is 6.83. The topological polar surface area (TPSA) is 80.5 Å². The molecule has 5 heteroatoms. The zero-order valence-electron chi connectivity index (χ0n) is 7.70. The van der Waals surface area contributed by atoms with E-state index in [-0.39, 0.29) is 0 Å². The van der Waals surface area contributed by atoms with Gasteiger partial charge in [0.1, 0.15) is 5.52 Å². The smallest absolute Gasteiger partial charge is 0.222 e. The van der Waals surface area contributed by atoms with E-state index in [0.29, 0.717) is 5.95 Å². The molecule has 0 unspecified atom stereocenters. The highest BCUT2D eigenvalue weighted by molar-refractivity contribution is 5.73. The van der Waals surface area contributed by atoms with Gasteiger partial charge in [-0.2, -0.15) is 4.98 Å². The average Bonchev–Trinajstić information content (AvgIpc) is 2.81. The van der Waals surface area contributed by atoms with Gasteiger partial charge in [-0.1, -0.05) is 0 Å². The molecular formula is C9H11N5. The molecule has 2 aromatic heterocycles. The minimum Gasteiger partial charge on any atom is -0.368 e. The maximum absolute atomic E-state index is 5.61. The molecule has 2 heterocycles. The molecule has 0 radical (unpaired) electrons. The number of imidazole rings is 1. The quantitative estimate of drug-likeness (QED) is 0.735. The Bertz CT molecular complexity index is 471. The largest absolute Gasteiger partial charge is 0.368 e. The van der Waals surface area contributed by atoms with Crippen LogP contribution in [0.1, 0.15) is 18.5 Å². The summed E-state index contributed by atoms with van der Waals surface area (Å²) in [4.78, 5) is 15.5. The van der Waals surface area contributed by atoms with E-state index in [4.69, 9.17) is 5.73 Å². The minimum atomic E-state index is 0.331. The minimum absolute atomic E-state index is 0.331. The lowest BCUT2D eigenvalue weighted by molar-refractivity contribution is 0.808. The Kier molecular flexibility index (Phi) is 1.47. The third kappa shape index (κ3) is 1.21. The molecule has 0 aromatic carbocycles. The van der Waals surface area contributed by atoms with Gasteiger partial charge >= 0.3 is 0 Å². The molecule has 2 aromatic rings. The highest BCUT2D eigenvalue weighted by Crippen LogP contribution is 2.33. The van der Waals surface area contributed by atoms with Crippen LogP contribution in [0.5, 0.6) is 0 Å². The molecule has 0 amide bonds. The number of aromatic nitrogens is 4. The lowest BCUT2D eigenvalue weighted by Gasteiger charge is -2.00. The van der Waals surface area contributed by atoms with Crippen molar-refractivity contribution in [2.75, 3.05) is 5.73 Å². The van der Waals surface area contributed by atoms with Crippen molar-refractivity contribution >= 4 is 17.1 Å². The van der Waals surface area contributed by atoms with E-state index >= 15 is 0 Å². The number of rotatable bonds is 2. The van der Waals surface area contributed by atoms with Gasteiger partial charge < -0.3 is 10.7 Å². The van der Waals surface area contributed by atoms with Crippen molar-refractivity contribution in [2.45, 2.75) is 19.3 Å². The van der Waals surface area contributed by atoms with Crippen LogP contribution in [0, 0.1) is 5.92 Å². The van der Waals surface area contributed by atoms with Crippen LogP contribution in [0.25, 0.3) is 11.2 Å². The Morgan fingerprint density at radius 3 is 3.07 bits per heavy atom. The second kappa shape index (κ2) is 2.67. The van der Waals surface area contributed by atoms with E-state index in [0.717, 1.165) is 29.2 Å². The summed E-state index contributed by atoms with van der Waals surface area (Å²) in [6.07, 6.45) is 5.22. The molecule has 14 heavy (non-hydrogen) atoms. The number of H-pyrrole nitrogens is 1. The van der Waals surface area contributed by atoms with E-state index in [1.165, 1.54) is 12.8 Å². The third-order valence-corrected chi connectivity index (χ3v) is 2.55. The van der Waals surface area contributed by atoms with Gasteiger partial charge in [0.2, 0.25) is 5.95 Å². The molecule has 0 aliphatic heterocycles. The third-order valence-electron chi connectivity index (χ3n) is 2.55. The first-order valence-corrected chi connectivity index (χ1v) is 4.78. The van der Waals surface area contributed by atoms with Gasteiger partial charge in [-0.05, 0) is 25.2 Å². The first-order valence-electron chi connectivity index (χ1n) is 4.78. The Morgan fingerprint density at radius 1 is 1.43 bits per heavy atom. The van der Waals surface area contributed by atoms with Gasteiger partial charge in [-0.3, -0.25) is 0 Å². The molecule has 1 aliphatic carbocycles. The normalized spacial score (nSPS) is 16.3. The highest BCUT2D eigenvalue weighted by atomic mass is 15.1. The number of aromatic amines is 1. The van der Waals surface area contributed by atoms with E-state index in [1.54, 1.807) is 6.33 Å². The molecule has 0 atom stereocenters. The average molecular weight is 189 g/mol. The van der Waals surface area contributed by atoms with Gasteiger partial charge in [0.25, 0.3) is 0 Å². The second-order valence-electron chi connectivity index (χ2n) is 3.78. The summed E-state index contributed by atoms with van der Waals surface area (Å²) in [6, 6.07) is 0. The van der Waals surface area contributed by atoms with Crippen molar-refractivity contribution in [3.63, 3.8) is 0 Å². The lowest BCUT2D eigenvalue weighted by Crippen LogP contribution is -2.01. The maximum atomic E-state index is 5.61. The SMILES string of the molecule is Nc1nc(CC2CC2)c2nc[nH]c2n1. The summed E-state index contributed by atoms with van der Waals surface area (Å²) in [5.41, 5.74) is 8.20. The predicted molar refractivity (Wildman–Crippen MR) is 52.5 cm³/mol. The van der Waals surface area contributed by atoms with Crippen molar-refractivity contribution in [3.05, 3.63) is 12.0 Å². The summed E-state index contributed by atoms with van der Waals surface area (Å²) in [5.74, 6) is 1.11. The van der Waals surface area contributed by atoms with E-state index in [9.17, 15) is 0 Å². The van der Waals surface area contributed by atoms with Gasteiger partial charge in [-0.25, -0.2) is 9.97 Å². The summed E-state index contributed by atoms with van der Waals surface area (Å²) >= 11 is 0. The molecule has 1 saturated carbocycles. The monoisotopic (exact) mass is 189 g/mol. The van der Waals surface area contributed by atoms with Crippen molar-refractivity contribution in [1.29, 1.82) is 0 Å². The number of nitrogens with zero attached hydrogens (tertiary/aromatic N) is 3. The summed E-state index contributed by atoms with van der Waals surface area (Å²) in [7, 11) is 0. The van der Waals surface area contributed by atoms with Gasteiger partial charge in [0, 0.05) is 0 Å². The molecule has 0 bridgehead atoms. The molecule has 0 saturated heterocycles. The van der Waals surface area contributed by atoms with Crippen LogP contribution >= 0.6 is 0 Å². The second-order valence-corrected chi connectivity index (χ2v) is 3.78. The Morgan fingerprint density at radius 2 is 2.29 bits per heavy atom. The number of nitrogens with one attached hydrogen (secondary N) is 1. The fourth-order valence-electron chi connectivity index (χ4n) is 1.65. The lowest BCUT2D eigenvalue weighted by atomic mass is 10.2. The molecule has 3 N–H and O–H groups in total. The first kappa shape index (κ1) is 7.73. The van der Waals surface area contributed by atoms with E-state index in [2.05, 4.69) is 19.9 Å². The van der Waals surface area contributed by atoms with Crippen LogP contribution in [0.2, 0.25) is 0 Å². The summed E-state index contributed by atoms with van der Waals surface area (Å²) in [6.45, 7) is 0. The Hall–Kier alpha value is -1.65. The molecule has 5 nitrogen and oxygen atoms in total. The number of hydrogen-bond donors (Lipinski definition) is 2. The molecule has 1 fully saturated rings. The Labute approximate surface area is 80.8 Å². The predicted octanol–water partition coefficient (Wildman–Crippen LogP) is 0.888. The number of anilines is 1. The van der Waals surface area contributed by atoms with Crippen LogP contribution < -0.4 is 5.73 Å². The van der Waals surface area contributed by atoms with Crippen molar-refractivity contribution in [1.82, 2.24) is 19.9 Å². The molecule has 3 rings (SSSR count). The van der Waals surface area contributed by atoms with Crippen molar-refractivity contribution < 1.29 is 0 Å². The van der Waals surface area contributed by atoms with Gasteiger partial charge in [0.05, 0.1) is 12.0 Å². The maximum Gasteiger partial charge on any atom is 0.222 e. The van der Waals surface area contributed by atoms with E-state index < -0.39 is 0 Å².